The van der Waals surface area contributed by atoms with Gasteiger partial charge in [0.05, 0.1) is 0 Å². The molecule has 0 atom stereocenters. The molecule has 0 saturated carbocycles. The van der Waals surface area contributed by atoms with E-state index in [0.717, 1.165) is 11.0 Å². The van der Waals surface area contributed by atoms with E-state index in [2.05, 4.69) is 0 Å². The van der Waals surface area contributed by atoms with Gasteiger partial charge in [0, 0.05) is 0 Å². The number of hydrogen-bond donors (Lipinski definition) is 0. The van der Waals surface area contributed by atoms with E-state index in [9.17, 15) is 4.39 Å². The molecule has 0 radical (unpaired) electrons. The van der Waals surface area contributed by atoms with Crippen LogP contribution in [0.2, 0.25) is 0 Å². The van der Waals surface area contributed by atoms with Gasteiger partial charge in [-0.1, -0.05) is 0 Å². The van der Waals surface area contributed by atoms with Crippen LogP contribution in [0.3, 0.4) is 0 Å². The van der Waals surface area contributed by atoms with Crippen LogP contribution in [0.25, 0.3) is 0 Å². The molecule has 0 aliphatic rings. The molecule has 1 rings (SSSR count). The van der Waals surface area contributed by atoms with Gasteiger partial charge in [0.15, 0.2) is 0 Å². The van der Waals surface area contributed by atoms with Crippen LogP contribution in [0.4, 0.5) is 4.39 Å². The maximum absolute atomic E-state index is 12.6. The summed E-state index contributed by atoms with van der Waals surface area (Å²) in [6, 6.07) is 1.47. The number of rotatable bonds is 0. The van der Waals surface area contributed by atoms with Crippen molar-refractivity contribution in [3.05, 3.63) is 28.9 Å². The molecule has 46 valence electrons. The van der Waals surface area contributed by atoms with Gasteiger partial charge in [0.25, 0.3) is 0 Å². The second-order valence-electron chi connectivity index (χ2n) is 2.18. The van der Waals surface area contributed by atoms with Gasteiger partial charge >= 0.3 is 54.0 Å². The van der Waals surface area contributed by atoms with Crippen molar-refractivity contribution in [2.75, 3.05) is 0 Å². The third-order valence-electron chi connectivity index (χ3n) is 1.54. The average Bonchev–Trinajstić information content (AvgIpc) is 1.83. The first kappa shape index (κ1) is 6.46. The molecule has 0 fully saturated rings. The molecule has 0 aromatic carbocycles. The SMILES string of the molecule is Cc1bccc(F)c1C. The zero-order chi connectivity index (χ0) is 6.85. The van der Waals surface area contributed by atoms with Gasteiger partial charge in [-0.05, 0) is 0 Å². The number of aryl methyl sites for hydroxylation is 1. The summed E-state index contributed by atoms with van der Waals surface area (Å²) in [4.78, 5) is 0. The fourth-order valence-electron chi connectivity index (χ4n) is 0.715. The van der Waals surface area contributed by atoms with E-state index < -0.39 is 0 Å². The Morgan fingerprint density at radius 3 is 2.56 bits per heavy atom. The van der Waals surface area contributed by atoms with Crippen molar-refractivity contribution in [2.24, 2.45) is 0 Å². The van der Waals surface area contributed by atoms with Crippen molar-refractivity contribution in [1.82, 2.24) is 0 Å². The van der Waals surface area contributed by atoms with Crippen molar-refractivity contribution in [2.45, 2.75) is 13.8 Å². The molecule has 0 N–H and O–H groups in total. The van der Waals surface area contributed by atoms with Crippen molar-refractivity contribution < 1.29 is 4.39 Å². The Kier molecular flexibility index (Phi) is 1.65. The van der Waals surface area contributed by atoms with Gasteiger partial charge in [-0.2, -0.15) is 0 Å². The molecule has 1 aromatic heterocycles. The first-order valence-corrected chi connectivity index (χ1v) is 2.93. The molecule has 0 nitrogen and oxygen atoms in total. The topological polar surface area (TPSA) is 0 Å². The molecule has 2 heteroatoms. The maximum atomic E-state index is 12.6. The zero-order valence-corrected chi connectivity index (χ0v) is 5.61. The van der Waals surface area contributed by atoms with Gasteiger partial charge < -0.3 is 0 Å². The van der Waals surface area contributed by atoms with E-state index in [1.165, 1.54) is 6.07 Å². The summed E-state index contributed by atoms with van der Waals surface area (Å²) in [5.41, 5.74) is 1.76. The molecule has 1 aromatic rings. The fourth-order valence-corrected chi connectivity index (χ4v) is 0.715. The average molecular weight is 122 g/mol. The predicted molar refractivity (Wildman–Crippen MR) is 37.2 cm³/mol. The van der Waals surface area contributed by atoms with Gasteiger partial charge in [0.1, 0.15) is 0 Å². The van der Waals surface area contributed by atoms with Gasteiger partial charge in [-0.15, -0.1) is 0 Å². The van der Waals surface area contributed by atoms with E-state index >= 15 is 0 Å². The van der Waals surface area contributed by atoms with Crippen LogP contribution in [0.5, 0.6) is 0 Å². The van der Waals surface area contributed by atoms with Crippen LogP contribution in [0.1, 0.15) is 11.0 Å². The Morgan fingerprint density at radius 1 is 1.44 bits per heavy atom. The Hall–Kier alpha value is -0.655. The fraction of sp³-hybridized carbons (Fsp3) is 0.286. The Labute approximate surface area is 54.9 Å². The molecule has 0 amide bonds. The zero-order valence-electron chi connectivity index (χ0n) is 5.61. The molecule has 0 aliphatic carbocycles. The monoisotopic (exact) mass is 122 g/mol. The van der Waals surface area contributed by atoms with E-state index in [4.69, 9.17) is 0 Å². The summed E-state index contributed by atoms with van der Waals surface area (Å²) in [6.07, 6.45) is 0. The molecule has 0 bridgehead atoms. The first-order valence-electron chi connectivity index (χ1n) is 2.93. The summed E-state index contributed by atoms with van der Waals surface area (Å²) >= 11 is 0. The van der Waals surface area contributed by atoms with Gasteiger partial charge in [-0.3, -0.25) is 0 Å². The summed E-state index contributed by atoms with van der Waals surface area (Å²) in [5.74, 6) is 1.60. The molecule has 0 saturated heterocycles. The summed E-state index contributed by atoms with van der Waals surface area (Å²) in [7, 11) is 0. The van der Waals surface area contributed by atoms with Crippen LogP contribution in [0, 0.1) is 19.7 Å². The van der Waals surface area contributed by atoms with Crippen LogP contribution in [0.15, 0.2) is 12.0 Å². The quantitative estimate of drug-likeness (QED) is 0.491. The van der Waals surface area contributed by atoms with E-state index in [-0.39, 0.29) is 5.82 Å². The van der Waals surface area contributed by atoms with Crippen LogP contribution >= 0.6 is 0 Å². The third-order valence-corrected chi connectivity index (χ3v) is 1.54. The van der Waals surface area contributed by atoms with E-state index in [0.29, 0.717) is 0 Å². The predicted octanol–water partition coefficient (Wildman–Crippen LogP) is 1.78. The van der Waals surface area contributed by atoms with Gasteiger partial charge in [-0.25, -0.2) is 0 Å². The standard InChI is InChI=1S/C7H8BF/c1-5-6(2)8-4-3-7(5)9/h3-4H,1-2H3. The minimum absolute atomic E-state index is 0.116. The van der Waals surface area contributed by atoms with Crippen molar-refractivity contribution in [3.63, 3.8) is 0 Å². The number of hydrogen-bond acceptors (Lipinski definition) is 0. The third kappa shape index (κ3) is 1.18. The second-order valence-corrected chi connectivity index (χ2v) is 2.18. The van der Waals surface area contributed by atoms with Crippen LogP contribution in [-0.4, -0.2) is 6.91 Å². The normalized spacial score (nSPS) is 9.22. The molecule has 0 unspecified atom stereocenters. The Bertz CT molecular complexity index is 200. The molecular weight excluding hydrogens is 114 g/mol. The van der Waals surface area contributed by atoms with E-state index in [1.807, 2.05) is 13.8 Å². The Morgan fingerprint density at radius 2 is 2.11 bits per heavy atom. The summed E-state index contributed by atoms with van der Waals surface area (Å²) in [6.45, 7) is 5.58. The van der Waals surface area contributed by atoms with Crippen LogP contribution in [-0.2, 0) is 0 Å². The Balaban J connectivity index is 3.25. The minimum atomic E-state index is -0.116. The first-order chi connectivity index (χ1) is 4.22. The van der Waals surface area contributed by atoms with Crippen molar-refractivity contribution >= 4 is 6.91 Å². The summed E-state index contributed by atoms with van der Waals surface area (Å²) in [5, 5.41) is 0. The second kappa shape index (κ2) is 2.30. The molecule has 0 aliphatic heterocycles. The number of halogens is 1. The molecule has 1 heterocycles. The van der Waals surface area contributed by atoms with Gasteiger partial charge in [0.2, 0.25) is 0 Å². The molecule has 0 spiro atoms. The molecular formula is C7H8BF. The van der Waals surface area contributed by atoms with Crippen molar-refractivity contribution in [1.29, 1.82) is 0 Å². The van der Waals surface area contributed by atoms with E-state index in [1.54, 1.807) is 12.9 Å². The molecule has 9 heavy (non-hydrogen) atoms. The van der Waals surface area contributed by atoms with Crippen molar-refractivity contribution in [3.8, 4) is 0 Å². The van der Waals surface area contributed by atoms with Crippen LogP contribution < -0.4 is 0 Å². The summed E-state index contributed by atoms with van der Waals surface area (Å²) < 4.78 is 12.6.